The van der Waals surface area contributed by atoms with Crippen LogP contribution in [0.15, 0.2) is 73.3 Å². The van der Waals surface area contributed by atoms with Gasteiger partial charge in [0.2, 0.25) is 0 Å². The molecule has 0 amide bonds. The average molecular weight is 437 g/mol. The summed E-state index contributed by atoms with van der Waals surface area (Å²) in [6.45, 7) is 7.32. The lowest BCUT2D eigenvalue weighted by atomic mass is 9.92. The number of aliphatic hydroxyl groups is 2. The van der Waals surface area contributed by atoms with Crippen molar-refractivity contribution in [1.29, 1.82) is 0 Å². The summed E-state index contributed by atoms with van der Waals surface area (Å²) in [5.41, 5.74) is 7.47. The fourth-order valence-corrected chi connectivity index (χ4v) is 4.67. The van der Waals surface area contributed by atoms with Crippen molar-refractivity contribution < 1.29 is 14.9 Å². The third kappa shape index (κ3) is 5.81. The van der Waals surface area contributed by atoms with Gasteiger partial charge in [0.25, 0.3) is 0 Å². The van der Waals surface area contributed by atoms with Crippen molar-refractivity contribution in [3.63, 3.8) is 0 Å². The largest absolute Gasteiger partial charge is 0.394 e. The predicted octanol–water partition coefficient (Wildman–Crippen LogP) is 5.83. The lowest BCUT2D eigenvalue weighted by molar-refractivity contribution is -0.113. The Labute approximate surface area is 188 Å². The maximum atomic E-state index is 10.2. The van der Waals surface area contributed by atoms with E-state index in [0.717, 1.165) is 5.56 Å². The predicted molar refractivity (Wildman–Crippen MR) is 132 cm³/mol. The number of aryl methyl sites for hydroxylation is 1. The van der Waals surface area contributed by atoms with E-state index < -0.39 is 6.10 Å². The summed E-state index contributed by atoms with van der Waals surface area (Å²) in [5.74, 6) is 0. The Morgan fingerprint density at radius 2 is 1.74 bits per heavy atom. The number of ether oxygens (including phenoxy) is 1. The second-order valence-electron chi connectivity index (χ2n) is 8.17. The van der Waals surface area contributed by atoms with Crippen LogP contribution in [0.4, 0.5) is 0 Å². The zero-order chi connectivity index (χ0) is 22.4. The summed E-state index contributed by atoms with van der Waals surface area (Å²) in [7, 11) is 2.98. The molecule has 0 saturated carbocycles. The van der Waals surface area contributed by atoms with Gasteiger partial charge in [-0.3, -0.25) is 0 Å². The molecular weight excluding hydrogens is 403 g/mol. The molecule has 4 rings (SSSR count). The lowest BCUT2D eigenvalue weighted by Gasteiger charge is -2.33. The standard InChI is InChI=1S/C24H27O3P.C3H6/c1-15-7-8-18(23-13-20(26)12-21(14-25)27-23)11-22(15)24(28)19-9-16-5-3-2-4-6-17(16)10-19;1-3-2/h2-11,20-21,23-26H,12-14,28H2,1H3;3H,1H2,2H3. The minimum Gasteiger partial charge on any atom is -0.394 e. The molecule has 31 heavy (non-hydrogen) atoms. The second kappa shape index (κ2) is 11.0. The number of hydrogen-bond donors (Lipinski definition) is 2. The van der Waals surface area contributed by atoms with E-state index in [9.17, 15) is 10.2 Å². The van der Waals surface area contributed by atoms with Crippen LogP contribution in [0.25, 0.3) is 11.1 Å². The first kappa shape index (κ1) is 23.6. The topological polar surface area (TPSA) is 49.7 Å². The highest BCUT2D eigenvalue weighted by Crippen LogP contribution is 2.40. The molecule has 1 saturated heterocycles. The van der Waals surface area contributed by atoms with Crippen LogP contribution in [0, 0.1) is 6.92 Å². The van der Waals surface area contributed by atoms with Gasteiger partial charge in [0.05, 0.1) is 24.9 Å². The minimum atomic E-state index is -0.437. The molecule has 0 radical (unpaired) electrons. The summed E-state index contributed by atoms with van der Waals surface area (Å²) in [6.07, 6.45) is 1.89. The molecule has 1 heterocycles. The fraction of sp³-hybridized carbons (Fsp3) is 0.333. The smallest absolute Gasteiger partial charge is 0.0854 e. The van der Waals surface area contributed by atoms with Gasteiger partial charge in [-0.25, -0.2) is 0 Å². The van der Waals surface area contributed by atoms with E-state index in [1.165, 1.54) is 27.8 Å². The molecule has 2 N–H and O–H groups in total. The van der Waals surface area contributed by atoms with Crippen LogP contribution in [0.1, 0.15) is 53.8 Å². The van der Waals surface area contributed by atoms with Gasteiger partial charge in [0.1, 0.15) is 0 Å². The highest BCUT2D eigenvalue weighted by Gasteiger charge is 2.29. The molecule has 5 unspecified atom stereocenters. The van der Waals surface area contributed by atoms with Gasteiger partial charge in [-0.15, -0.1) is 15.8 Å². The molecular formula is C27H33O3P. The second-order valence-corrected chi connectivity index (χ2v) is 8.83. The van der Waals surface area contributed by atoms with Crippen LogP contribution in [0.2, 0.25) is 0 Å². The Kier molecular flexibility index (Phi) is 8.40. The summed E-state index contributed by atoms with van der Waals surface area (Å²) in [4.78, 5) is 0. The SMILES string of the molecule is C=CC.Cc1ccc(C2CC(O)CC(CO)O2)cc1C(P)c1cc2cccccc-2c1. The van der Waals surface area contributed by atoms with Gasteiger partial charge in [-0.1, -0.05) is 66.7 Å². The summed E-state index contributed by atoms with van der Waals surface area (Å²) < 4.78 is 6.01. The zero-order valence-corrected chi connectivity index (χ0v) is 19.5. The quantitative estimate of drug-likeness (QED) is 0.400. The van der Waals surface area contributed by atoms with Gasteiger partial charge >= 0.3 is 0 Å². The molecule has 164 valence electrons. The molecule has 3 nitrogen and oxygen atoms in total. The highest BCUT2D eigenvalue weighted by molar-refractivity contribution is 7.17. The summed E-state index contributed by atoms with van der Waals surface area (Å²) in [6, 6.07) is 21.4. The van der Waals surface area contributed by atoms with Crippen molar-refractivity contribution in [2.45, 2.75) is 50.7 Å². The molecule has 2 aliphatic carbocycles. The Hall–Kier alpha value is -2.03. The van der Waals surface area contributed by atoms with Crippen LogP contribution >= 0.6 is 9.24 Å². The van der Waals surface area contributed by atoms with Crippen molar-refractivity contribution >= 4 is 9.24 Å². The van der Waals surface area contributed by atoms with Gasteiger partial charge < -0.3 is 14.9 Å². The Balaban J connectivity index is 0.000000858. The Morgan fingerprint density at radius 3 is 2.35 bits per heavy atom. The van der Waals surface area contributed by atoms with E-state index in [0.29, 0.717) is 12.8 Å². The summed E-state index contributed by atoms with van der Waals surface area (Å²) in [5, 5.41) is 19.6. The van der Waals surface area contributed by atoms with E-state index in [1.807, 2.05) is 13.0 Å². The van der Waals surface area contributed by atoms with Gasteiger partial charge in [-0.05, 0) is 47.2 Å². The van der Waals surface area contributed by atoms with Crippen molar-refractivity contribution in [3.05, 3.63) is 95.6 Å². The Morgan fingerprint density at radius 1 is 1.10 bits per heavy atom. The number of benzene rings is 1. The van der Waals surface area contributed by atoms with Gasteiger partial charge in [0, 0.05) is 18.5 Å². The van der Waals surface area contributed by atoms with Gasteiger partial charge in [0.15, 0.2) is 0 Å². The first-order valence-corrected chi connectivity index (χ1v) is 11.5. The Bertz CT molecular complexity index is 940. The summed E-state index contributed by atoms with van der Waals surface area (Å²) >= 11 is 0. The molecule has 0 aromatic heterocycles. The van der Waals surface area contributed by atoms with E-state index >= 15 is 0 Å². The average Bonchev–Trinajstić information content (AvgIpc) is 3.04. The molecule has 0 spiro atoms. The number of allylic oxidation sites excluding steroid dienone is 1. The zero-order valence-electron chi connectivity index (χ0n) is 18.4. The highest BCUT2D eigenvalue weighted by atomic mass is 31.0. The molecule has 0 bridgehead atoms. The third-order valence-corrected chi connectivity index (χ3v) is 6.45. The van der Waals surface area contributed by atoms with E-state index in [2.05, 4.69) is 77.3 Å². The monoisotopic (exact) mass is 436 g/mol. The lowest BCUT2D eigenvalue weighted by Crippen LogP contribution is -2.33. The van der Waals surface area contributed by atoms with E-state index in [-0.39, 0.29) is 24.5 Å². The third-order valence-electron chi connectivity index (χ3n) is 5.70. The molecule has 1 aromatic carbocycles. The molecule has 1 fully saturated rings. The van der Waals surface area contributed by atoms with Crippen LogP contribution in [-0.4, -0.2) is 29.0 Å². The number of aliphatic hydroxyl groups excluding tert-OH is 2. The number of fused-ring (bicyclic) bond motifs is 1. The van der Waals surface area contributed by atoms with E-state index in [1.54, 1.807) is 6.08 Å². The number of rotatable bonds is 4. The normalized spacial score (nSPS) is 21.8. The first-order chi connectivity index (χ1) is 15.0. The maximum absolute atomic E-state index is 10.2. The fourth-order valence-electron chi connectivity index (χ4n) is 4.11. The minimum absolute atomic E-state index is 0.0595. The van der Waals surface area contributed by atoms with Crippen molar-refractivity contribution in [2.24, 2.45) is 0 Å². The first-order valence-electron chi connectivity index (χ1n) is 10.8. The molecule has 5 atom stereocenters. The van der Waals surface area contributed by atoms with Crippen molar-refractivity contribution in [2.75, 3.05) is 6.61 Å². The molecule has 1 aliphatic heterocycles. The molecule has 1 aromatic rings. The van der Waals surface area contributed by atoms with Crippen LogP contribution < -0.4 is 0 Å². The number of hydrogen-bond acceptors (Lipinski definition) is 3. The van der Waals surface area contributed by atoms with Crippen LogP contribution in [0.5, 0.6) is 0 Å². The van der Waals surface area contributed by atoms with Gasteiger partial charge in [-0.2, -0.15) is 0 Å². The molecule has 4 heteroatoms. The maximum Gasteiger partial charge on any atom is 0.0854 e. The van der Waals surface area contributed by atoms with E-state index in [4.69, 9.17) is 4.74 Å². The van der Waals surface area contributed by atoms with Crippen molar-refractivity contribution in [1.82, 2.24) is 0 Å². The van der Waals surface area contributed by atoms with Crippen LogP contribution in [-0.2, 0) is 4.74 Å². The van der Waals surface area contributed by atoms with Crippen molar-refractivity contribution in [3.8, 4) is 11.1 Å². The van der Waals surface area contributed by atoms with Crippen LogP contribution in [0.3, 0.4) is 0 Å². The molecule has 3 aliphatic rings.